The third kappa shape index (κ3) is 4.68. The van der Waals surface area contributed by atoms with Crippen LogP contribution in [0.2, 0.25) is 0 Å². The fraction of sp³-hybridized carbons (Fsp3) is 0.267. The zero-order chi connectivity index (χ0) is 12.7. The van der Waals surface area contributed by atoms with Crippen LogP contribution in [-0.2, 0) is 0 Å². The molecular weight excluding hydrogens is 210 g/mol. The van der Waals surface area contributed by atoms with Gasteiger partial charge in [0.1, 0.15) is 12.4 Å². The maximum absolute atomic E-state index is 5.69. The van der Waals surface area contributed by atoms with Crippen molar-refractivity contribution in [1.29, 1.82) is 0 Å². The molecule has 0 aliphatic heterocycles. The molecule has 0 amide bonds. The monoisotopic (exact) mass is 229 g/mol. The first-order valence-corrected chi connectivity index (χ1v) is 5.64. The fourth-order valence-corrected chi connectivity index (χ4v) is 1.41. The highest BCUT2D eigenvalue weighted by Crippen LogP contribution is 2.18. The number of rotatable bonds is 5. The van der Waals surface area contributed by atoms with Crippen LogP contribution in [0.25, 0.3) is 0 Å². The van der Waals surface area contributed by atoms with Crippen LogP contribution < -0.4 is 4.74 Å². The van der Waals surface area contributed by atoms with E-state index in [1.54, 1.807) is 18.4 Å². The molecule has 1 rings (SSSR count). The van der Waals surface area contributed by atoms with Gasteiger partial charge < -0.3 is 4.74 Å². The number of aliphatic imine (C=N–C) groups is 1. The Morgan fingerprint density at radius 2 is 2.18 bits per heavy atom. The average molecular weight is 229 g/mol. The van der Waals surface area contributed by atoms with Crippen molar-refractivity contribution in [2.24, 2.45) is 4.99 Å². The van der Waals surface area contributed by atoms with Crippen LogP contribution >= 0.6 is 0 Å². The van der Waals surface area contributed by atoms with Gasteiger partial charge in [0, 0.05) is 6.20 Å². The highest BCUT2D eigenvalue weighted by atomic mass is 16.5. The van der Waals surface area contributed by atoms with E-state index >= 15 is 0 Å². The Bertz CT molecular complexity index is 444. The first-order chi connectivity index (χ1) is 8.13. The number of aryl methyl sites for hydroxylation is 2. The van der Waals surface area contributed by atoms with E-state index in [2.05, 4.69) is 24.6 Å². The lowest BCUT2D eigenvalue weighted by molar-refractivity contribution is 0.373. The number of allylic oxidation sites excluding steroid dienone is 2. The van der Waals surface area contributed by atoms with E-state index in [0.717, 1.165) is 17.0 Å². The lowest BCUT2D eigenvalue weighted by Gasteiger charge is -2.09. The Morgan fingerprint density at radius 1 is 1.41 bits per heavy atom. The lowest BCUT2D eigenvalue weighted by Crippen LogP contribution is -2.07. The number of hydrogen-bond donors (Lipinski definition) is 0. The third-order valence-electron chi connectivity index (χ3n) is 2.28. The van der Waals surface area contributed by atoms with Gasteiger partial charge in [-0.1, -0.05) is 30.4 Å². The second-order valence-electron chi connectivity index (χ2n) is 4.00. The number of nitrogens with zero attached hydrogens (tertiary/aromatic N) is 1. The van der Waals surface area contributed by atoms with E-state index in [0.29, 0.717) is 6.61 Å². The molecular formula is C15H19NO. The Balaban J connectivity index is 2.58. The molecule has 0 radical (unpaired) electrons. The van der Waals surface area contributed by atoms with Crippen LogP contribution in [0, 0.1) is 13.8 Å². The first kappa shape index (κ1) is 13.2. The van der Waals surface area contributed by atoms with Crippen molar-refractivity contribution in [3.8, 4) is 5.75 Å². The number of ether oxygens (including phenoxy) is 1. The zero-order valence-corrected chi connectivity index (χ0v) is 10.7. The van der Waals surface area contributed by atoms with Crippen molar-refractivity contribution >= 4 is 5.71 Å². The van der Waals surface area contributed by atoms with Crippen LogP contribution in [0.4, 0.5) is 0 Å². The van der Waals surface area contributed by atoms with E-state index < -0.39 is 0 Å². The largest absolute Gasteiger partial charge is 0.487 e. The van der Waals surface area contributed by atoms with E-state index in [-0.39, 0.29) is 0 Å². The molecule has 0 aliphatic rings. The molecule has 0 atom stereocenters. The number of benzene rings is 1. The van der Waals surface area contributed by atoms with Gasteiger partial charge in [-0.3, -0.25) is 4.99 Å². The van der Waals surface area contributed by atoms with Gasteiger partial charge in [0.15, 0.2) is 0 Å². The van der Waals surface area contributed by atoms with Crippen LogP contribution in [0.15, 0.2) is 48.1 Å². The van der Waals surface area contributed by atoms with Crippen molar-refractivity contribution in [3.63, 3.8) is 0 Å². The van der Waals surface area contributed by atoms with Crippen molar-refractivity contribution in [2.75, 3.05) is 6.61 Å². The van der Waals surface area contributed by atoms with Crippen LogP contribution in [0.3, 0.4) is 0 Å². The maximum Gasteiger partial charge on any atom is 0.126 e. The molecule has 2 nitrogen and oxygen atoms in total. The summed E-state index contributed by atoms with van der Waals surface area (Å²) in [5.41, 5.74) is 3.33. The number of hydrogen-bond acceptors (Lipinski definition) is 2. The molecule has 1 aromatic carbocycles. The molecule has 90 valence electrons. The average Bonchev–Trinajstić information content (AvgIpc) is 2.28. The summed E-state index contributed by atoms with van der Waals surface area (Å²) in [7, 11) is 0. The van der Waals surface area contributed by atoms with Crippen molar-refractivity contribution in [3.05, 3.63) is 54.3 Å². The summed E-state index contributed by atoms with van der Waals surface area (Å²) in [5, 5.41) is 0. The lowest BCUT2D eigenvalue weighted by atomic mass is 10.1. The highest BCUT2D eigenvalue weighted by Gasteiger charge is 1.99. The molecule has 0 saturated carbocycles. The molecule has 0 heterocycles. The quantitative estimate of drug-likeness (QED) is 0.555. The third-order valence-corrected chi connectivity index (χ3v) is 2.28. The topological polar surface area (TPSA) is 21.6 Å². The summed E-state index contributed by atoms with van der Waals surface area (Å²) in [5.74, 6) is 0.915. The van der Waals surface area contributed by atoms with Gasteiger partial charge in [-0.25, -0.2) is 0 Å². The SMILES string of the molecule is C=C/C=C\N=C(C)COc1ccc(C)cc1C. The standard InChI is InChI=1S/C15H19NO/c1-5-6-9-16-14(4)11-17-15-8-7-12(2)10-13(15)3/h5-10H,1,11H2,2-4H3/b9-6-,16-14?. The molecule has 0 aromatic heterocycles. The van der Waals surface area contributed by atoms with E-state index in [1.165, 1.54) is 5.56 Å². The zero-order valence-electron chi connectivity index (χ0n) is 10.7. The molecule has 0 N–H and O–H groups in total. The molecule has 0 saturated heterocycles. The van der Waals surface area contributed by atoms with Crippen LogP contribution in [0.5, 0.6) is 5.75 Å². The van der Waals surface area contributed by atoms with Gasteiger partial charge >= 0.3 is 0 Å². The summed E-state index contributed by atoms with van der Waals surface area (Å²) in [4.78, 5) is 4.22. The fourth-order valence-electron chi connectivity index (χ4n) is 1.41. The maximum atomic E-state index is 5.69. The Labute approximate surface area is 103 Å². The molecule has 0 aliphatic carbocycles. The normalized spacial score (nSPS) is 11.8. The first-order valence-electron chi connectivity index (χ1n) is 5.64. The summed E-state index contributed by atoms with van der Waals surface area (Å²) in [6, 6.07) is 6.16. The summed E-state index contributed by atoms with van der Waals surface area (Å²) >= 11 is 0. The molecule has 1 aromatic rings. The predicted molar refractivity (Wildman–Crippen MR) is 73.9 cm³/mol. The minimum Gasteiger partial charge on any atom is -0.487 e. The summed E-state index contributed by atoms with van der Waals surface area (Å²) in [6.45, 7) is 10.2. The van der Waals surface area contributed by atoms with Gasteiger partial charge in [0.25, 0.3) is 0 Å². The van der Waals surface area contributed by atoms with E-state index in [4.69, 9.17) is 4.74 Å². The Morgan fingerprint density at radius 3 is 2.82 bits per heavy atom. The second-order valence-corrected chi connectivity index (χ2v) is 4.00. The molecule has 0 bridgehead atoms. The van der Waals surface area contributed by atoms with Gasteiger partial charge in [-0.2, -0.15) is 0 Å². The van der Waals surface area contributed by atoms with Crippen LogP contribution in [-0.4, -0.2) is 12.3 Å². The van der Waals surface area contributed by atoms with E-state index in [9.17, 15) is 0 Å². The van der Waals surface area contributed by atoms with Crippen molar-refractivity contribution < 1.29 is 4.74 Å². The predicted octanol–water partition coefficient (Wildman–Crippen LogP) is 3.84. The van der Waals surface area contributed by atoms with Gasteiger partial charge in [0.05, 0.1) is 5.71 Å². The van der Waals surface area contributed by atoms with Crippen molar-refractivity contribution in [1.82, 2.24) is 0 Å². The minimum absolute atomic E-state index is 0.505. The summed E-state index contributed by atoms with van der Waals surface area (Å²) in [6.07, 6.45) is 5.20. The molecule has 0 fully saturated rings. The molecule has 0 spiro atoms. The van der Waals surface area contributed by atoms with Gasteiger partial charge in [0.2, 0.25) is 0 Å². The van der Waals surface area contributed by atoms with Gasteiger partial charge in [-0.05, 0) is 38.5 Å². The molecule has 0 unspecified atom stereocenters. The Kier molecular flexibility index (Phi) is 5.21. The minimum atomic E-state index is 0.505. The van der Waals surface area contributed by atoms with E-state index in [1.807, 2.05) is 26.0 Å². The highest BCUT2D eigenvalue weighted by molar-refractivity contribution is 5.84. The second kappa shape index (κ2) is 6.69. The van der Waals surface area contributed by atoms with Crippen molar-refractivity contribution in [2.45, 2.75) is 20.8 Å². The Hall–Kier alpha value is -1.83. The van der Waals surface area contributed by atoms with Gasteiger partial charge in [-0.15, -0.1) is 0 Å². The molecule has 17 heavy (non-hydrogen) atoms. The molecule has 2 heteroatoms. The summed E-state index contributed by atoms with van der Waals surface area (Å²) < 4.78 is 5.69. The smallest absolute Gasteiger partial charge is 0.126 e. The van der Waals surface area contributed by atoms with Crippen LogP contribution in [0.1, 0.15) is 18.1 Å².